The number of hydrogen-bond donors (Lipinski definition) is 1. The van der Waals surface area contributed by atoms with Crippen LogP contribution in [-0.4, -0.2) is 35.1 Å². The monoisotopic (exact) mass is 455 g/mol. The molecule has 1 saturated heterocycles. The molecule has 186 valence electrons. The fourth-order valence-corrected chi connectivity index (χ4v) is 9.59. The number of amides is 1. The van der Waals surface area contributed by atoms with Gasteiger partial charge in [-0.3, -0.25) is 4.79 Å². The molecule has 1 aliphatic heterocycles. The van der Waals surface area contributed by atoms with Gasteiger partial charge in [-0.15, -0.1) is 0 Å². The van der Waals surface area contributed by atoms with E-state index in [2.05, 4.69) is 38.7 Å². The van der Waals surface area contributed by atoms with E-state index < -0.39 is 0 Å². The Hall–Kier alpha value is -0.830. The van der Waals surface area contributed by atoms with Gasteiger partial charge in [0, 0.05) is 19.5 Å². The topological polar surface area (TPSA) is 40.5 Å². The minimum atomic E-state index is -0.109. The van der Waals surface area contributed by atoms with Crippen molar-refractivity contribution in [2.75, 3.05) is 13.1 Å². The summed E-state index contributed by atoms with van der Waals surface area (Å²) in [5, 5.41) is 10.3. The van der Waals surface area contributed by atoms with Gasteiger partial charge in [0.15, 0.2) is 0 Å². The molecule has 0 aromatic carbocycles. The number of piperidine rings is 1. The lowest BCUT2D eigenvalue weighted by Gasteiger charge is -2.58. The lowest BCUT2D eigenvalue weighted by atomic mass is 9.47. The van der Waals surface area contributed by atoms with Crippen molar-refractivity contribution in [3.05, 3.63) is 11.6 Å². The maximum Gasteiger partial charge on any atom is 0.222 e. The van der Waals surface area contributed by atoms with Crippen molar-refractivity contribution in [1.82, 2.24) is 4.90 Å². The molecule has 1 N–H and O–H groups in total. The number of nitrogens with zero attached hydrogens (tertiary/aromatic N) is 1. The molecule has 5 rings (SSSR count). The zero-order chi connectivity index (χ0) is 23.4. The van der Waals surface area contributed by atoms with Crippen LogP contribution in [0.4, 0.5) is 0 Å². The Morgan fingerprint density at radius 3 is 2.61 bits per heavy atom. The molecule has 4 fully saturated rings. The van der Waals surface area contributed by atoms with Gasteiger partial charge in [0.05, 0.1) is 6.10 Å². The van der Waals surface area contributed by atoms with Gasteiger partial charge in [-0.1, -0.05) is 39.3 Å². The lowest BCUT2D eigenvalue weighted by Crippen LogP contribution is -2.50. The van der Waals surface area contributed by atoms with Crippen LogP contribution >= 0.6 is 0 Å². The van der Waals surface area contributed by atoms with E-state index in [0.29, 0.717) is 22.7 Å². The second kappa shape index (κ2) is 8.99. The largest absolute Gasteiger partial charge is 0.393 e. The number of rotatable bonds is 4. The van der Waals surface area contributed by atoms with Gasteiger partial charge in [0.25, 0.3) is 0 Å². The quantitative estimate of drug-likeness (QED) is 0.485. The summed E-state index contributed by atoms with van der Waals surface area (Å²) < 4.78 is 0. The van der Waals surface area contributed by atoms with Crippen LogP contribution in [0.2, 0.25) is 0 Å². The molecule has 5 aliphatic rings. The van der Waals surface area contributed by atoms with E-state index in [4.69, 9.17) is 0 Å². The highest BCUT2D eigenvalue weighted by Gasteiger charge is 2.59. The first-order valence-electron chi connectivity index (χ1n) is 14.4. The molecule has 3 heteroatoms. The normalized spacial score (nSPS) is 44.5. The Balaban J connectivity index is 1.23. The van der Waals surface area contributed by atoms with Gasteiger partial charge in [-0.05, 0) is 117 Å². The Labute approximate surface area is 202 Å². The summed E-state index contributed by atoms with van der Waals surface area (Å²) in [6.45, 7) is 11.9. The third kappa shape index (κ3) is 4.13. The molecule has 0 aromatic heterocycles. The van der Waals surface area contributed by atoms with Crippen molar-refractivity contribution in [1.29, 1.82) is 0 Å². The highest BCUT2D eigenvalue weighted by molar-refractivity contribution is 5.76. The highest BCUT2D eigenvalue weighted by Crippen LogP contribution is 2.67. The summed E-state index contributed by atoms with van der Waals surface area (Å²) >= 11 is 0. The van der Waals surface area contributed by atoms with E-state index >= 15 is 0 Å². The van der Waals surface area contributed by atoms with Crippen molar-refractivity contribution in [3.63, 3.8) is 0 Å². The van der Waals surface area contributed by atoms with Crippen molar-refractivity contribution in [2.45, 2.75) is 111 Å². The van der Waals surface area contributed by atoms with Crippen LogP contribution in [0.3, 0.4) is 0 Å². The second-order valence-electron chi connectivity index (χ2n) is 13.5. The molecule has 3 nitrogen and oxygen atoms in total. The van der Waals surface area contributed by atoms with E-state index in [1.165, 1.54) is 51.4 Å². The molecule has 0 radical (unpaired) electrons. The zero-order valence-electron chi connectivity index (χ0n) is 21.8. The maximum atomic E-state index is 12.9. The smallest absolute Gasteiger partial charge is 0.222 e. The molecular weight excluding hydrogens is 406 g/mol. The first-order chi connectivity index (χ1) is 15.7. The lowest BCUT2D eigenvalue weighted by molar-refractivity contribution is -0.133. The van der Waals surface area contributed by atoms with Crippen molar-refractivity contribution >= 4 is 5.91 Å². The number of carbonyl (C=O) groups excluding carboxylic acids is 1. The number of aliphatic hydroxyl groups is 1. The summed E-state index contributed by atoms with van der Waals surface area (Å²) in [6, 6.07) is 0. The summed E-state index contributed by atoms with van der Waals surface area (Å²) in [4.78, 5) is 15.0. The van der Waals surface area contributed by atoms with E-state index in [-0.39, 0.29) is 6.10 Å². The summed E-state index contributed by atoms with van der Waals surface area (Å²) in [7, 11) is 0. The van der Waals surface area contributed by atoms with Crippen LogP contribution in [0.25, 0.3) is 0 Å². The molecule has 1 heterocycles. The van der Waals surface area contributed by atoms with Crippen LogP contribution in [0.5, 0.6) is 0 Å². The average molecular weight is 456 g/mol. The van der Waals surface area contributed by atoms with Gasteiger partial charge >= 0.3 is 0 Å². The zero-order valence-corrected chi connectivity index (χ0v) is 21.8. The van der Waals surface area contributed by atoms with Crippen molar-refractivity contribution in [2.24, 2.45) is 46.3 Å². The summed E-state index contributed by atoms with van der Waals surface area (Å²) in [5.74, 6) is 5.13. The minimum absolute atomic E-state index is 0.109. The number of fused-ring (bicyclic) bond motifs is 5. The fraction of sp³-hybridized carbons (Fsp3) is 0.900. The third-order valence-corrected chi connectivity index (χ3v) is 11.8. The van der Waals surface area contributed by atoms with Gasteiger partial charge in [0.2, 0.25) is 5.91 Å². The first kappa shape index (κ1) is 23.9. The average Bonchev–Trinajstić information content (AvgIpc) is 3.15. The maximum absolute atomic E-state index is 12.9. The Bertz CT molecular complexity index is 767. The van der Waals surface area contributed by atoms with Gasteiger partial charge in [0.1, 0.15) is 0 Å². The van der Waals surface area contributed by atoms with Crippen molar-refractivity contribution < 1.29 is 9.90 Å². The standard InChI is InChI=1S/C30H49NO2/c1-20-13-17-31(18-14-20)28(33)10-5-21(2)25-8-9-26-24-7-6-22-19-23(32)11-15-29(22,3)27(24)12-16-30(25,26)4/h6,20-21,23-27,32H,5,7-19H2,1-4H3/t21-,23+,24+,25-,26+,27+,29+,30-/m1/s1. The molecular formula is C30H49NO2. The molecule has 33 heavy (non-hydrogen) atoms. The van der Waals surface area contributed by atoms with E-state index in [9.17, 15) is 9.90 Å². The Morgan fingerprint density at radius 1 is 1.09 bits per heavy atom. The van der Waals surface area contributed by atoms with E-state index in [1.54, 1.807) is 5.57 Å². The van der Waals surface area contributed by atoms with Crippen LogP contribution in [0.15, 0.2) is 11.6 Å². The molecule has 3 saturated carbocycles. The number of likely N-dealkylation sites (tertiary alicyclic amines) is 1. The van der Waals surface area contributed by atoms with Crippen LogP contribution in [-0.2, 0) is 4.79 Å². The molecule has 1 amide bonds. The molecule has 4 aliphatic carbocycles. The Kier molecular flexibility index (Phi) is 6.51. The highest BCUT2D eigenvalue weighted by atomic mass is 16.3. The number of carbonyl (C=O) groups is 1. The van der Waals surface area contributed by atoms with Crippen LogP contribution in [0.1, 0.15) is 105 Å². The number of hydrogen-bond acceptors (Lipinski definition) is 2. The molecule has 0 bridgehead atoms. The molecule has 0 aromatic rings. The number of allylic oxidation sites excluding steroid dienone is 1. The predicted octanol–water partition coefficient (Wildman–Crippen LogP) is 6.60. The predicted molar refractivity (Wildman–Crippen MR) is 135 cm³/mol. The number of aliphatic hydroxyl groups excluding tert-OH is 1. The molecule has 0 unspecified atom stereocenters. The van der Waals surface area contributed by atoms with E-state index in [0.717, 1.165) is 68.4 Å². The van der Waals surface area contributed by atoms with Crippen molar-refractivity contribution in [3.8, 4) is 0 Å². The SMILES string of the molecule is CC1CCN(C(=O)CC[C@@H](C)[C@H]2CC[C@H]3[C@@H]4CC=C5C[C@@H](O)CC[C@]5(C)[C@H]4CC[C@]23C)CC1. The van der Waals surface area contributed by atoms with Crippen LogP contribution in [0, 0.1) is 46.3 Å². The summed E-state index contributed by atoms with van der Waals surface area (Å²) in [5.41, 5.74) is 2.38. The second-order valence-corrected chi connectivity index (χ2v) is 13.5. The summed E-state index contributed by atoms with van der Waals surface area (Å²) in [6.07, 6.45) is 16.5. The first-order valence-corrected chi connectivity index (χ1v) is 14.4. The third-order valence-electron chi connectivity index (χ3n) is 11.8. The van der Waals surface area contributed by atoms with Gasteiger partial charge in [-0.2, -0.15) is 0 Å². The van der Waals surface area contributed by atoms with E-state index in [1.807, 2.05) is 0 Å². The molecule has 8 atom stereocenters. The molecule has 0 spiro atoms. The van der Waals surface area contributed by atoms with Crippen LogP contribution < -0.4 is 0 Å². The minimum Gasteiger partial charge on any atom is -0.393 e. The van der Waals surface area contributed by atoms with Gasteiger partial charge < -0.3 is 10.0 Å². The Morgan fingerprint density at radius 2 is 1.85 bits per heavy atom. The van der Waals surface area contributed by atoms with Gasteiger partial charge in [-0.25, -0.2) is 0 Å². The fourth-order valence-electron chi connectivity index (χ4n) is 9.59.